The third-order valence-corrected chi connectivity index (χ3v) is 2.62. The van der Waals surface area contributed by atoms with Gasteiger partial charge in [-0.05, 0) is 42.3 Å². The van der Waals surface area contributed by atoms with Crippen molar-refractivity contribution in [1.29, 1.82) is 0 Å². The van der Waals surface area contributed by atoms with E-state index in [1.807, 2.05) is 37.3 Å². The molecule has 5 heteroatoms. The van der Waals surface area contributed by atoms with Crippen molar-refractivity contribution < 1.29 is 9.53 Å². The first-order valence-corrected chi connectivity index (χ1v) is 5.95. The van der Waals surface area contributed by atoms with Crippen LogP contribution in [0.25, 0.3) is 11.1 Å². The zero-order valence-electron chi connectivity index (χ0n) is 10.6. The van der Waals surface area contributed by atoms with Gasteiger partial charge < -0.3 is 4.74 Å². The van der Waals surface area contributed by atoms with Gasteiger partial charge in [0.2, 0.25) is 0 Å². The zero-order valence-corrected chi connectivity index (χ0v) is 10.6. The summed E-state index contributed by atoms with van der Waals surface area (Å²) in [6.07, 6.45) is 1.58. The summed E-state index contributed by atoms with van der Waals surface area (Å²) in [7, 11) is 0. The van der Waals surface area contributed by atoms with Gasteiger partial charge in [-0.3, -0.25) is 15.2 Å². The van der Waals surface area contributed by atoms with Crippen LogP contribution in [0, 0.1) is 0 Å². The average molecular weight is 257 g/mol. The Balaban J connectivity index is 2.28. The summed E-state index contributed by atoms with van der Waals surface area (Å²) < 4.78 is 5.38. The van der Waals surface area contributed by atoms with Crippen LogP contribution in [0.2, 0.25) is 0 Å². The van der Waals surface area contributed by atoms with Gasteiger partial charge >= 0.3 is 0 Å². The Morgan fingerprint density at radius 2 is 2.00 bits per heavy atom. The van der Waals surface area contributed by atoms with Crippen LogP contribution in [0.3, 0.4) is 0 Å². The van der Waals surface area contributed by atoms with E-state index in [1.165, 1.54) is 0 Å². The molecule has 1 amide bonds. The lowest BCUT2D eigenvalue weighted by molar-refractivity contribution is 0.0948. The number of nitrogens with one attached hydrogen (secondary N) is 1. The van der Waals surface area contributed by atoms with Crippen molar-refractivity contribution in [3.05, 3.63) is 48.3 Å². The maximum Gasteiger partial charge on any atom is 0.283 e. The van der Waals surface area contributed by atoms with E-state index in [9.17, 15) is 4.79 Å². The molecule has 1 heterocycles. The molecule has 19 heavy (non-hydrogen) atoms. The minimum atomic E-state index is -0.409. The van der Waals surface area contributed by atoms with E-state index in [4.69, 9.17) is 10.6 Å². The molecular weight excluding hydrogens is 242 g/mol. The van der Waals surface area contributed by atoms with Gasteiger partial charge in [-0.1, -0.05) is 12.1 Å². The smallest absolute Gasteiger partial charge is 0.283 e. The van der Waals surface area contributed by atoms with Gasteiger partial charge in [-0.15, -0.1) is 0 Å². The van der Waals surface area contributed by atoms with E-state index in [1.54, 1.807) is 12.3 Å². The second-order valence-electron chi connectivity index (χ2n) is 3.86. The summed E-state index contributed by atoms with van der Waals surface area (Å²) in [6, 6.07) is 11.2. The number of hydrogen-bond donors (Lipinski definition) is 2. The highest BCUT2D eigenvalue weighted by atomic mass is 16.5. The standard InChI is InChI=1S/C14H15N3O2/c1-2-19-12-5-3-10(4-6-12)11-7-8-16-13(9-11)14(18)17-15/h3-9H,2,15H2,1H3,(H,17,18). The number of pyridine rings is 1. The van der Waals surface area contributed by atoms with E-state index in [-0.39, 0.29) is 5.69 Å². The molecule has 0 fully saturated rings. The van der Waals surface area contributed by atoms with Crippen LogP contribution in [0.5, 0.6) is 5.75 Å². The van der Waals surface area contributed by atoms with Crippen molar-refractivity contribution >= 4 is 5.91 Å². The first-order valence-electron chi connectivity index (χ1n) is 5.95. The predicted octanol–water partition coefficient (Wildman–Crippen LogP) is 1.75. The largest absolute Gasteiger partial charge is 0.494 e. The van der Waals surface area contributed by atoms with Crippen LogP contribution in [0.1, 0.15) is 17.4 Å². The highest BCUT2D eigenvalue weighted by Crippen LogP contribution is 2.22. The molecule has 98 valence electrons. The van der Waals surface area contributed by atoms with Crippen molar-refractivity contribution in [2.24, 2.45) is 5.84 Å². The van der Waals surface area contributed by atoms with E-state index < -0.39 is 5.91 Å². The van der Waals surface area contributed by atoms with E-state index in [0.717, 1.165) is 16.9 Å². The lowest BCUT2D eigenvalue weighted by Gasteiger charge is -2.06. The number of amides is 1. The number of nitrogens with two attached hydrogens (primary N) is 1. The molecule has 1 aromatic heterocycles. The van der Waals surface area contributed by atoms with Gasteiger partial charge in [0, 0.05) is 6.20 Å². The lowest BCUT2D eigenvalue weighted by atomic mass is 10.1. The Morgan fingerprint density at radius 3 is 2.63 bits per heavy atom. The predicted molar refractivity (Wildman–Crippen MR) is 72.5 cm³/mol. The maximum absolute atomic E-state index is 11.4. The molecule has 2 aromatic rings. The Hall–Kier alpha value is -2.40. The molecule has 3 N–H and O–H groups in total. The van der Waals surface area contributed by atoms with Crippen LogP contribution in [0.15, 0.2) is 42.6 Å². The SMILES string of the molecule is CCOc1ccc(-c2ccnc(C(=O)NN)c2)cc1. The number of ether oxygens (including phenoxy) is 1. The monoisotopic (exact) mass is 257 g/mol. The van der Waals surface area contributed by atoms with Gasteiger partial charge in [0.05, 0.1) is 6.61 Å². The molecule has 0 aliphatic rings. The van der Waals surface area contributed by atoms with E-state index in [0.29, 0.717) is 6.61 Å². The second kappa shape index (κ2) is 5.97. The molecule has 0 atom stereocenters. The molecular formula is C14H15N3O2. The van der Waals surface area contributed by atoms with Crippen LogP contribution in [0.4, 0.5) is 0 Å². The minimum Gasteiger partial charge on any atom is -0.494 e. The number of carbonyl (C=O) groups excluding carboxylic acids is 1. The molecule has 1 aromatic carbocycles. The molecule has 0 saturated heterocycles. The van der Waals surface area contributed by atoms with Gasteiger partial charge in [0.15, 0.2) is 0 Å². The number of nitrogen functional groups attached to an aromatic ring is 1. The van der Waals surface area contributed by atoms with Crippen LogP contribution in [-0.4, -0.2) is 17.5 Å². The summed E-state index contributed by atoms with van der Waals surface area (Å²) >= 11 is 0. The van der Waals surface area contributed by atoms with Crippen LogP contribution >= 0.6 is 0 Å². The summed E-state index contributed by atoms with van der Waals surface area (Å²) in [4.78, 5) is 15.4. The number of benzene rings is 1. The highest BCUT2D eigenvalue weighted by molar-refractivity contribution is 5.93. The summed E-state index contributed by atoms with van der Waals surface area (Å²) in [5.74, 6) is 5.50. The molecule has 0 spiro atoms. The molecule has 0 saturated carbocycles. The fraction of sp³-hybridized carbons (Fsp3) is 0.143. The topological polar surface area (TPSA) is 77.2 Å². The van der Waals surface area contributed by atoms with Crippen LogP contribution in [-0.2, 0) is 0 Å². The first-order chi connectivity index (χ1) is 9.24. The number of aromatic nitrogens is 1. The Kier molecular flexibility index (Phi) is 4.10. The Morgan fingerprint density at radius 1 is 1.26 bits per heavy atom. The average Bonchev–Trinajstić information content (AvgIpc) is 2.48. The number of nitrogens with zero attached hydrogens (tertiary/aromatic N) is 1. The fourth-order valence-electron chi connectivity index (χ4n) is 1.72. The zero-order chi connectivity index (χ0) is 13.7. The molecule has 5 nitrogen and oxygen atoms in total. The van der Waals surface area contributed by atoms with Crippen molar-refractivity contribution in [2.75, 3.05) is 6.61 Å². The molecule has 2 rings (SSSR count). The van der Waals surface area contributed by atoms with Crippen molar-refractivity contribution in [1.82, 2.24) is 10.4 Å². The third-order valence-electron chi connectivity index (χ3n) is 2.62. The molecule has 0 unspecified atom stereocenters. The first kappa shape index (κ1) is 13.0. The van der Waals surface area contributed by atoms with Crippen molar-refractivity contribution in [3.8, 4) is 16.9 Å². The van der Waals surface area contributed by atoms with Crippen molar-refractivity contribution in [2.45, 2.75) is 6.92 Å². The van der Waals surface area contributed by atoms with Gasteiger partial charge in [-0.2, -0.15) is 0 Å². The molecule has 0 aliphatic heterocycles. The second-order valence-corrected chi connectivity index (χ2v) is 3.86. The number of hydrazine groups is 1. The van der Waals surface area contributed by atoms with E-state index in [2.05, 4.69) is 10.4 Å². The Labute approximate surface area is 111 Å². The Bertz CT molecular complexity index is 567. The maximum atomic E-state index is 11.4. The summed E-state index contributed by atoms with van der Waals surface area (Å²) in [5.41, 5.74) is 4.23. The number of carbonyl (C=O) groups is 1. The summed E-state index contributed by atoms with van der Waals surface area (Å²) in [6.45, 7) is 2.57. The van der Waals surface area contributed by atoms with E-state index >= 15 is 0 Å². The normalized spacial score (nSPS) is 10.0. The van der Waals surface area contributed by atoms with Gasteiger partial charge in [-0.25, -0.2) is 5.84 Å². The fourth-order valence-corrected chi connectivity index (χ4v) is 1.72. The van der Waals surface area contributed by atoms with Gasteiger partial charge in [0.25, 0.3) is 5.91 Å². The van der Waals surface area contributed by atoms with Crippen LogP contribution < -0.4 is 16.0 Å². The quantitative estimate of drug-likeness (QED) is 0.497. The van der Waals surface area contributed by atoms with Crippen molar-refractivity contribution in [3.63, 3.8) is 0 Å². The molecule has 0 bridgehead atoms. The lowest BCUT2D eigenvalue weighted by Crippen LogP contribution is -2.30. The molecule has 0 radical (unpaired) electrons. The summed E-state index contributed by atoms with van der Waals surface area (Å²) in [5, 5.41) is 0. The van der Waals surface area contributed by atoms with Gasteiger partial charge in [0.1, 0.15) is 11.4 Å². The number of rotatable bonds is 4. The minimum absolute atomic E-state index is 0.286. The molecule has 0 aliphatic carbocycles. The highest BCUT2D eigenvalue weighted by Gasteiger charge is 2.07. The number of hydrogen-bond acceptors (Lipinski definition) is 4. The third kappa shape index (κ3) is 3.08.